The first-order valence-corrected chi connectivity index (χ1v) is 6.26. The Kier molecular flexibility index (Phi) is 3.49. The van der Waals surface area contributed by atoms with Crippen molar-refractivity contribution >= 4 is 17.5 Å². The number of hydrogen-bond donors (Lipinski definition) is 0. The summed E-state index contributed by atoms with van der Waals surface area (Å²) in [7, 11) is 1.40. The second-order valence-electron chi connectivity index (χ2n) is 3.72. The van der Waals surface area contributed by atoms with Gasteiger partial charge in [-0.25, -0.2) is 4.39 Å². The van der Waals surface area contributed by atoms with Crippen molar-refractivity contribution in [2.24, 2.45) is 0 Å². The monoisotopic (exact) mass is 240 g/mol. The predicted molar refractivity (Wildman–Crippen MR) is 62.8 cm³/mol. The quantitative estimate of drug-likeness (QED) is 0.760. The second kappa shape index (κ2) is 4.87. The normalized spacial score (nSPS) is 19.8. The van der Waals surface area contributed by atoms with Crippen LogP contribution in [0, 0.1) is 5.82 Å². The van der Waals surface area contributed by atoms with E-state index in [1.54, 1.807) is 11.8 Å². The molecule has 2 rings (SSSR count). The van der Waals surface area contributed by atoms with Gasteiger partial charge in [-0.05, 0) is 36.8 Å². The van der Waals surface area contributed by atoms with Gasteiger partial charge in [0.05, 0.1) is 12.4 Å². The summed E-state index contributed by atoms with van der Waals surface area (Å²) >= 11 is 1.68. The summed E-state index contributed by atoms with van der Waals surface area (Å²) in [5.74, 6) is 0.821. The third-order valence-corrected chi connectivity index (χ3v) is 4.03. The van der Waals surface area contributed by atoms with Crippen LogP contribution in [0.5, 0.6) is 5.75 Å². The number of rotatable bonds is 3. The minimum atomic E-state index is -0.432. The third kappa shape index (κ3) is 2.21. The van der Waals surface area contributed by atoms with Gasteiger partial charge in [0.25, 0.3) is 0 Å². The first kappa shape index (κ1) is 11.5. The van der Waals surface area contributed by atoms with Gasteiger partial charge in [-0.3, -0.25) is 4.79 Å². The molecule has 1 heterocycles. The van der Waals surface area contributed by atoms with Crippen LogP contribution in [0.3, 0.4) is 0 Å². The zero-order valence-corrected chi connectivity index (χ0v) is 9.85. The lowest BCUT2D eigenvalue weighted by atomic mass is 10.1. The summed E-state index contributed by atoms with van der Waals surface area (Å²) in [6.45, 7) is 0. The highest BCUT2D eigenvalue weighted by Crippen LogP contribution is 2.30. The zero-order chi connectivity index (χ0) is 11.5. The molecule has 0 radical (unpaired) electrons. The maximum Gasteiger partial charge on any atom is 0.175 e. The van der Waals surface area contributed by atoms with Crippen molar-refractivity contribution in [3.8, 4) is 5.75 Å². The van der Waals surface area contributed by atoms with Crippen molar-refractivity contribution < 1.29 is 13.9 Å². The molecule has 0 bridgehead atoms. The van der Waals surface area contributed by atoms with Crippen molar-refractivity contribution in [2.75, 3.05) is 12.9 Å². The molecule has 1 aromatic rings. The van der Waals surface area contributed by atoms with Crippen molar-refractivity contribution in [2.45, 2.75) is 18.1 Å². The van der Waals surface area contributed by atoms with Crippen LogP contribution in [0.2, 0.25) is 0 Å². The summed E-state index contributed by atoms with van der Waals surface area (Å²) in [5.41, 5.74) is 0.539. The third-order valence-electron chi connectivity index (χ3n) is 2.66. The maximum absolute atomic E-state index is 13.2. The molecular formula is C12H13FO2S. The van der Waals surface area contributed by atoms with E-state index in [-0.39, 0.29) is 16.8 Å². The number of carbonyl (C=O) groups is 1. The van der Waals surface area contributed by atoms with E-state index in [9.17, 15) is 9.18 Å². The number of carbonyl (C=O) groups excluding carboxylic acids is 1. The molecule has 4 heteroatoms. The molecule has 2 nitrogen and oxygen atoms in total. The van der Waals surface area contributed by atoms with Gasteiger partial charge in [0.15, 0.2) is 17.3 Å². The van der Waals surface area contributed by atoms with Gasteiger partial charge >= 0.3 is 0 Å². The fraction of sp³-hybridized carbons (Fsp3) is 0.417. The first-order valence-electron chi connectivity index (χ1n) is 5.21. The number of ketones is 1. The molecule has 1 aliphatic rings. The Hall–Kier alpha value is -1.03. The number of benzene rings is 1. The highest BCUT2D eigenvalue weighted by Gasteiger charge is 2.25. The van der Waals surface area contributed by atoms with Crippen molar-refractivity contribution in [3.63, 3.8) is 0 Å². The Labute approximate surface area is 98.2 Å². The average molecular weight is 240 g/mol. The Bertz CT molecular complexity index is 400. The number of thioether (sulfide) groups is 1. The van der Waals surface area contributed by atoms with Gasteiger partial charge in [0, 0.05) is 5.56 Å². The number of methoxy groups -OCH3 is 1. The van der Waals surface area contributed by atoms with Gasteiger partial charge in [0.2, 0.25) is 0 Å². The molecule has 1 saturated heterocycles. The molecular weight excluding hydrogens is 227 g/mol. The molecule has 86 valence electrons. The van der Waals surface area contributed by atoms with Crippen LogP contribution in [0.1, 0.15) is 23.2 Å². The molecule has 16 heavy (non-hydrogen) atoms. The average Bonchev–Trinajstić information content (AvgIpc) is 2.82. The number of halogens is 1. The summed E-state index contributed by atoms with van der Waals surface area (Å²) in [5, 5.41) is 0.0372. The molecule has 0 amide bonds. The van der Waals surface area contributed by atoms with Crippen molar-refractivity contribution in [1.82, 2.24) is 0 Å². The second-order valence-corrected chi connectivity index (χ2v) is 5.03. The summed E-state index contributed by atoms with van der Waals surface area (Å²) in [6.07, 6.45) is 2.00. The molecule has 1 atom stereocenters. The molecule has 1 unspecified atom stereocenters. The maximum atomic E-state index is 13.2. The fourth-order valence-corrected chi connectivity index (χ4v) is 3.02. The lowest BCUT2D eigenvalue weighted by molar-refractivity contribution is 0.0988. The number of Topliss-reactive ketones (excluding diaryl/α,β-unsaturated/α-hetero) is 1. The smallest absolute Gasteiger partial charge is 0.175 e. The van der Waals surface area contributed by atoms with Crippen LogP contribution in [0.15, 0.2) is 18.2 Å². The molecule has 0 aliphatic carbocycles. The first-order chi connectivity index (χ1) is 7.72. The Morgan fingerprint density at radius 3 is 3.00 bits per heavy atom. The molecule has 1 fully saturated rings. The van der Waals surface area contributed by atoms with E-state index in [0.717, 1.165) is 18.6 Å². The fourth-order valence-electron chi connectivity index (χ4n) is 1.78. The van der Waals surface area contributed by atoms with Crippen LogP contribution >= 0.6 is 11.8 Å². The highest BCUT2D eigenvalue weighted by molar-refractivity contribution is 8.00. The van der Waals surface area contributed by atoms with Crippen molar-refractivity contribution in [1.29, 1.82) is 0 Å². The van der Waals surface area contributed by atoms with E-state index in [0.29, 0.717) is 5.56 Å². The number of ether oxygens (including phenoxy) is 1. The number of hydrogen-bond acceptors (Lipinski definition) is 3. The summed E-state index contributed by atoms with van der Waals surface area (Å²) in [4.78, 5) is 12.0. The zero-order valence-electron chi connectivity index (χ0n) is 9.03. The van der Waals surface area contributed by atoms with Gasteiger partial charge in [-0.2, -0.15) is 11.8 Å². The van der Waals surface area contributed by atoms with Crippen LogP contribution < -0.4 is 4.74 Å². The van der Waals surface area contributed by atoms with E-state index in [1.165, 1.54) is 25.3 Å². The molecule has 0 N–H and O–H groups in total. The van der Waals surface area contributed by atoms with Crippen LogP contribution in [0.4, 0.5) is 4.39 Å². The van der Waals surface area contributed by atoms with E-state index >= 15 is 0 Å². The Morgan fingerprint density at radius 1 is 1.56 bits per heavy atom. The van der Waals surface area contributed by atoms with Crippen molar-refractivity contribution in [3.05, 3.63) is 29.6 Å². The van der Waals surface area contributed by atoms with E-state index in [4.69, 9.17) is 4.74 Å². The lowest BCUT2D eigenvalue weighted by Crippen LogP contribution is -2.14. The van der Waals surface area contributed by atoms with Crippen LogP contribution in [-0.4, -0.2) is 23.9 Å². The van der Waals surface area contributed by atoms with Gasteiger partial charge in [0.1, 0.15) is 0 Å². The minimum Gasteiger partial charge on any atom is -0.494 e. The Morgan fingerprint density at radius 2 is 2.38 bits per heavy atom. The van der Waals surface area contributed by atoms with E-state index < -0.39 is 5.82 Å². The van der Waals surface area contributed by atoms with Gasteiger partial charge < -0.3 is 4.74 Å². The summed E-state index contributed by atoms with van der Waals surface area (Å²) in [6, 6.07) is 4.29. The standard InChI is InChI=1S/C12H13FO2S/c1-15-10-7-8(4-5-9(10)13)12(14)11-3-2-6-16-11/h4-5,7,11H,2-3,6H2,1H3. The van der Waals surface area contributed by atoms with Crippen LogP contribution in [-0.2, 0) is 0 Å². The molecule has 0 spiro atoms. The van der Waals surface area contributed by atoms with Crippen LogP contribution in [0.25, 0.3) is 0 Å². The Balaban J connectivity index is 2.22. The summed E-state index contributed by atoms with van der Waals surface area (Å²) < 4.78 is 18.0. The van der Waals surface area contributed by atoms with Gasteiger partial charge in [-0.15, -0.1) is 0 Å². The molecule has 1 aromatic carbocycles. The highest BCUT2D eigenvalue weighted by atomic mass is 32.2. The lowest BCUT2D eigenvalue weighted by Gasteiger charge is -2.09. The van der Waals surface area contributed by atoms with E-state index in [2.05, 4.69) is 0 Å². The largest absolute Gasteiger partial charge is 0.494 e. The predicted octanol–water partition coefficient (Wildman–Crippen LogP) is 2.91. The van der Waals surface area contributed by atoms with E-state index in [1.807, 2.05) is 0 Å². The molecule has 1 aliphatic heterocycles. The minimum absolute atomic E-state index is 0.0372. The SMILES string of the molecule is COc1cc(C(=O)C2CCCS2)ccc1F. The molecule has 0 aromatic heterocycles. The topological polar surface area (TPSA) is 26.3 Å². The molecule has 0 saturated carbocycles. The van der Waals surface area contributed by atoms with Gasteiger partial charge in [-0.1, -0.05) is 0 Å².